The molecule has 0 bridgehead atoms. The molecule has 0 saturated carbocycles. The third-order valence-electron chi connectivity index (χ3n) is 2.19. The molecule has 4 nitrogen and oxygen atoms in total. The van der Waals surface area contributed by atoms with Crippen molar-refractivity contribution < 1.29 is 0 Å². The normalized spacial score (nSPS) is 10.9. The largest absolute Gasteiger partial charge is 0.343 e. The molecular formula is C9H12N4. The molecule has 0 unspecified atom stereocenters. The van der Waals surface area contributed by atoms with Gasteiger partial charge in [0.25, 0.3) is 0 Å². The monoisotopic (exact) mass is 176 g/mol. The van der Waals surface area contributed by atoms with E-state index in [1.807, 2.05) is 13.1 Å². The SMILES string of the molecule is Cc1[nH]c2ncncc2c1CCN. The highest BCUT2D eigenvalue weighted by Gasteiger charge is 2.07. The van der Waals surface area contributed by atoms with Crippen molar-refractivity contribution in [2.45, 2.75) is 13.3 Å². The van der Waals surface area contributed by atoms with Gasteiger partial charge in [0.05, 0.1) is 0 Å². The van der Waals surface area contributed by atoms with Crippen LogP contribution in [0.5, 0.6) is 0 Å². The second-order valence-electron chi connectivity index (χ2n) is 3.05. The van der Waals surface area contributed by atoms with Gasteiger partial charge < -0.3 is 10.7 Å². The Bertz CT molecular complexity index is 418. The number of hydrogen-bond donors (Lipinski definition) is 2. The number of hydrogen-bond acceptors (Lipinski definition) is 3. The zero-order valence-corrected chi connectivity index (χ0v) is 7.54. The van der Waals surface area contributed by atoms with Crippen LogP contribution in [0.1, 0.15) is 11.3 Å². The van der Waals surface area contributed by atoms with Crippen LogP contribution in [0.3, 0.4) is 0 Å². The summed E-state index contributed by atoms with van der Waals surface area (Å²) in [6, 6.07) is 0. The fourth-order valence-corrected chi connectivity index (χ4v) is 1.57. The van der Waals surface area contributed by atoms with E-state index in [4.69, 9.17) is 5.73 Å². The van der Waals surface area contributed by atoms with Gasteiger partial charge in [-0.1, -0.05) is 0 Å². The molecule has 2 heterocycles. The van der Waals surface area contributed by atoms with E-state index >= 15 is 0 Å². The number of fused-ring (bicyclic) bond motifs is 1. The van der Waals surface area contributed by atoms with Gasteiger partial charge in [-0.25, -0.2) is 9.97 Å². The second-order valence-corrected chi connectivity index (χ2v) is 3.05. The third kappa shape index (κ3) is 1.29. The van der Waals surface area contributed by atoms with Crippen LogP contribution in [-0.2, 0) is 6.42 Å². The summed E-state index contributed by atoms with van der Waals surface area (Å²) in [5.74, 6) is 0. The van der Waals surface area contributed by atoms with Gasteiger partial charge in [-0.3, -0.25) is 0 Å². The molecule has 4 heteroatoms. The fraction of sp³-hybridized carbons (Fsp3) is 0.333. The van der Waals surface area contributed by atoms with E-state index in [9.17, 15) is 0 Å². The number of aryl methyl sites for hydroxylation is 1. The van der Waals surface area contributed by atoms with Crippen LogP contribution in [0, 0.1) is 6.92 Å². The molecule has 0 aliphatic rings. The van der Waals surface area contributed by atoms with E-state index in [-0.39, 0.29) is 0 Å². The first-order valence-corrected chi connectivity index (χ1v) is 4.30. The molecule has 2 aromatic rings. The Hall–Kier alpha value is -1.42. The minimum Gasteiger partial charge on any atom is -0.343 e. The zero-order valence-electron chi connectivity index (χ0n) is 7.54. The van der Waals surface area contributed by atoms with Crippen molar-refractivity contribution in [3.8, 4) is 0 Å². The Labute approximate surface area is 76.2 Å². The lowest BCUT2D eigenvalue weighted by Gasteiger charge is -1.96. The van der Waals surface area contributed by atoms with Gasteiger partial charge in [-0.05, 0) is 25.5 Å². The molecule has 0 radical (unpaired) electrons. The van der Waals surface area contributed by atoms with E-state index in [1.165, 1.54) is 5.56 Å². The van der Waals surface area contributed by atoms with E-state index < -0.39 is 0 Å². The minimum atomic E-state index is 0.655. The van der Waals surface area contributed by atoms with Crippen LogP contribution in [0.25, 0.3) is 11.0 Å². The first-order valence-electron chi connectivity index (χ1n) is 4.30. The van der Waals surface area contributed by atoms with Crippen LogP contribution in [0.2, 0.25) is 0 Å². The molecule has 0 saturated heterocycles. The quantitative estimate of drug-likeness (QED) is 0.710. The van der Waals surface area contributed by atoms with Gasteiger partial charge in [0, 0.05) is 17.3 Å². The maximum absolute atomic E-state index is 5.52. The average molecular weight is 176 g/mol. The Morgan fingerprint density at radius 3 is 3.15 bits per heavy atom. The number of nitrogens with zero attached hydrogens (tertiary/aromatic N) is 2. The van der Waals surface area contributed by atoms with E-state index in [1.54, 1.807) is 6.33 Å². The summed E-state index contributed by atoms with van der Waals surface area (Å²) < 4.78 is 0. The molecule has 0 amide bonds. The lowest BCUT2D eigenvalue weighted by molar-refractivity contribution is 0.962. The molecule has 13 heavy (non-hydrogen) atoms. The molecule has 2 rings (SSSR count). The average Bonchev–Trinajstić information content (AvgIpc) is 2.44. The van der Waals surface area contributed by atoms with Crippen molar-refractivity contribution in [2.75, 3.05) is 6.54 Å². The van der Waals surface area contributed by atoms with E-state index in [0.717, 1.165) is 23.1 Å². The van der Waals surface area contributed by atoms with Crippen molar-refractivity contribution in [1.82, 2.24) is 15.0 Å². The summed E-state index contributed by atoms with van der Waals surface area (Å²) in [4.78, 5) is 11.3. The van der Waals surface area contributed by atoms with Gasteiger partial charge in [-0.15, -0.1) is 0 Å². The predicted octanol–water partition coefficient (Wildman–Crippen LogP) is 0.768. The molecule has 0 aromatic carbocycles. The van der Waals surface area contributed by atoms with Gasteiger partial charge >= 0.3 is 0 Å². The Morgan fingerprint density at radius 2 is 2.38 bits per heavy atom. The summed E-state index contributed by atoms with van der Waals surface area (Å²) in [7, 11) is 0. The van der Waals surface area contributed by atoms with Crippen molar-refractivity contribution >= 4 is 11.0 Å². The number of H-pyrrole nitrogens is 1. The molecule has 0 aliphatic heterocycles. The molecular weight excluding hydrogens is 164 g/mol. The summed E-state index contributed by atoms with van der Waals surface area (Å²) in [5, 5.41) is 1.09. The number of rotatable bonds is 2. The molecule has 0 fully saturated rings. The van der Waals surface area contributed by atoms with Crippen LogP contribution < -0.4 is 5.73 Å². The number of nitrogens with one attached hydrogen (secondary N) is 1. The standard InChI is InChI=1S/C9H12N4/c1-6-7(2-3-10)8-4-11-5-12-9(8)13-6/h4-5H,2-3,10H2,1H3,(H,11,12,13). The van der Waals surface area contributed by atoms with Crippen LogP contribution in [0.4, 0.5) is 0 Å². The highest BCUT2D eigenvalue weighted by Crippen LogP contribution is 2.18. The van der Waals surface area contributed by atoms with Crippen molar-refractivity contribution in [1.29, 1.82) is 0 Å². The number of nitrogens with two attached hydrogens (primary N) is 1. The lowest BCUT2D eigenvalue weighted by atomic mass is 10.1. The van der Waals surface area contributed by atoms with Gasteiger partial charge in [-0.2, -0.15) is 0 Å². The van der Waals surface area contributed by atoms with E-state index in [0.29, 0.717) is 6.54 Å². The molecule has 0 spiro atoms. The summed E-state index contributed by atoms with van der Waals surface area (Å²) in [5.41, 5.74) is 8.80. The van der Waals surface area contributed by atoms with Gasteiger partial charge in [0.15, 0.2) is 0 Å². The highest BCUT2D eigenvalue weighted by atomic mass is 14.9. The molecule has 68 valence electrons. The molecule has 3 N–H and O–H groups in total. The van der Waals surface area contributed by atoms with E-state index in [2.05, 4.69) is 15.0 Å². The number of aromatic amines is 1. The second kappa shape index (κ2) is 3.14. The van der Waals surface area contributed by atoms with Gasteiger partial charge in [0.1, 0.15) is 12.0 Å². The van der Waals surface area contributed by atoms with Crippen LogP contribution in [0.15, 0.2) is 12.5 Å². The number of aromatic nitrogens is 3. The predicted molar refractivity (Wildman–Crippen MR) is 51.4 cm³/mol. The first-order chi connectivity index (χ1) is 6.33. The smallest absolute Gasteiger partial charge is 0.141 e. The molecule has 0 aliphatic carbocycles. The maximum Gasteiger partial charge on any atom is 0.141 e. The minimum absolute atomic E-state index is 0.655. The maximum atomic E-state index is 5.52. The first kappa shape index (κ1) is 8.19. The van der Waals surface area contributed by atoms with Crippen LogP contribution in [-0.4, -0.2) is 21.5 Å². The summed E-state index contributed by atoms with van der Waals surface area (Å²) in [6.07, 6.45) is 4.25. The topological polar surface area (TPSA) is 67.6 Å². The van der Waals surface area contributed by atoms with Crippen molar-refractivity contribution in [3.05, 3.63) is 23.8 Å². The Morgan fingerprint density at radius 1 is 1.54 bits per heavy atom. The van der Waals surface area contributed by atoms with Crippen molar-refractivity contribution in [2.24, 2.45) is 5.73 Å². The summed E-state index contributed by atoms with van der Waals surface area (Å²) >= 11 is 0. The molecule has 0 atom stereocenters. The fourth-order valence-electron chi connectivity index (χ4n) is 1.57. The lowest BCUT2D eigenvalue weighted by Crippen LogP contribution is -2.03. The Kier molecular flexibility index (Phi) is 1.98. The van der Waals surface area contributed by atoms with Crippen molar-refractivity contribution in [3.63, 3.8) is 0 Å². The van der Waals surface area contributed by atoms with Crippen LogP contribution >= 0.6 is 0 Å². The zero-order chi connectivity index (χ0) is 9.26. The third-order valence-corrected chi connectivity index (χ3v) is 2.19. The highest BCUT2D eigenvalue weighted by molar-refractivity contribution is 5.80. The Balaban J connectivity index is 2.64. The summed E-state index contributed by atoms with van der Waals surface area (Å²) in [6.45, 7) is 2.69. The molecule has 2 aromatic heterocycles. The van der Waals surface area contributed by atoms with Gasteiger partial charge in [0.2, 0.25) is 0 Å².